The molecule has 3 nitrogen and oxygen atoms in total. The topological polar surface area (TPSA) is 49.3 Å². The summed E-state index contributed by atoms with van der Waals surface area (Å²) in [5.41, 5.74) is 2.47. The van der Waals surface area contributed by atoms with Crippen molar-refractivity contribution in [2.24, 2.45) is 0 Å². The van der Waals surface area contributed by atoms with Crippen molar-refractivity contribution >= 4 is 5.97 Å². The number of fused-ring (bicyclic) bond motifs is 1. The number of nitrogens with one attached hydrogen (secondary N) is 1. The lowest BCUT2D eigenvalue weighted by Gasteiger charge is -2.01. The Morgan fingerprint density at radius 1 is 1.42 bits per heavy atom. The molecule has 1 aliphatic heterocycles. The van der Waals surface area contributed by atoms with Crippen LogP contribution < -0.4 is 5.32 Å². The second kappa shape index (κ2) is 2.60. The van der Waals surface area contributed by atoms with Crippen molar-refractivity contribution in [1.82, 2.24) is 5.32 Å². The number of carbonyl (C=O) groups is 1. The molecule has 0 radical (unpaired) electrons. The smallest absolute Gasteiger partial charge is 0.336 e. The van der Waals surface area contributed by atoms with Crippen LogP contribution in [0.1, 0.15) is 21.5 Å². The molecule has 62 valence electrons. The molecule has 1 aromatic carbocycles. The average molecular weight is 163 g/mol. The highest BCUT2D eigenvalue weighted by Gasteiger charge is 2.16. The number of hydrogen-bond donors (Lipinski definition) is 2. The van der Waals surface area contributed by atoms with Crippen LogP contribution in [-0.2, 0) is 13.1 Å². The lowest BCUT2D eigenvalue weighted by molar-refractivity contribution is 0.0695. The molecule has 0 unspecified atom stereocenters. The minimum atomic E-state index is -0.837. The molecule has 1 aromatic rings. The number of carboxylic acid groups (broad SMARTS) is 1. The van der Waals surface area contributed by atoms with E-state index in [1.54, 1.807) is 12.1 Å². The summed E-state index contributed by atoms with van der Waals surface area (Å²) in [6.45, 7) is 1.47. The maximum Gasteiger partial charge on any atom is 0.336 e. The van der Waals surface area contributed by atoms with E-state index in [2.05, 4.69) is 5.32 Å². The van der Waals surface area contributed by atoms with Gasteiger partial charge in [0.15, 0.2) is 0 Å². The summed E-state index contributed by atoms with van der Waals surface area (Å²) in [5.74, 6) is -0.837. The molecule has 0 saturated heterocycles. The largest absolute Gasteiger partial charge is 0.478 e. The summed E-state index contributed by atoms with van der Waals surface area (Å²) >= 11 is 0. The Bertz CT molecular complexity index is 333. The van der Waals surface area contributed by atoms with Crippen molar-refractivity contribution < 1.29 is 9.90 Å². The van der Waals surface area contributed by atoms with E-state index in [1.165, 1.54) is 0 Å². The summed E-state index contributed by atoms with van der Waals surface area (Å²) < 4.78 is 0. The Morgan fingerprint density at radius 3 is 3.00 bits per heavy atom. The molecule has 0 amide bonds. The molecular weight excluding hydrogens is 154 g/mol. The zero-order valence-electron chi connectivity index (χ0n) is 6.50. The van der Waals surface area contributed by atoms with Crippen LogP contribution in [0.2, 0.25) is 0 Å². The van der Waals surface area contributed by atoms with E-state index < -0.39 is 5.97 Å². The SMILES string of the molecule is O=C(O)c1cccc2c1CNC2. The molecule has 2 rings (SSSR count). The quantitative estimate of drug-likeness (QED) is 0.649. The lowest BCUT2D eigenvalue weighted by atomic mass is 10.0. The maximum atomic E-state index is 10.7. The van der Waals surface area contributed by atoms with Crippen molar-refractivity contribution in [3.8, 4) is 0 Å². The summed E-state index contributed by atoms with van der Waals surface area (Å²) in [4.78, 5) is 10.7. The van der Waals surface area contributed by atoms with E-state index in [0.29, 0.717) is 12.1 Å². The molecule has 12 heavy (non-hydrogen) atoms. The first-order valence-electron chi connectivity index (χ1n) is 3.84. The third-order valence-electron chi connectivity index (χ3n) is 2.12. The molecule has 1 aliphatic rings. The fraction of sp³-hybridized carbons (Fsp3) is 0.222. The molecular formula is C9H9NO2. The molecule has 0 fully saturated rings. The first kappa shape index (κ1) is 7.31. The molecule has 0 atom stereocenters. The van der Waals surface area contributed by atoms with Crippen LogP contribution >= 0.6 is 0 Å². The van der Waals surface area contributed by atoms with Crippen molar-refractivity contribution in [3.63, 3.8) is 0 Å². The molecule has 0 aromatic heterocycles. The highest BCUT2D eigenvalue weighted by molar-refractivity contribution is 5.89. The fourth-order valence-corrected chi connectivity index (χ4v) is 1.53. The summed E-state index contributed by atoms with van der Waals surface area (Å²) in [5, 5.41) is 11.9. The van der Waals surface area contributed by atoms with E-state index in [0.717, 1.165) is 17.7 Å². The number of rotatable bonds is 1. The normalized spacial score (nSPS) is 14.3. The van der Waals surface area contributed by atoms with Gasteiger partial charge in [0, 0.05) is 13.1 Å². The molecule has 0 spiro atoms. The van der Waals surface area contributed by atoms with Crippen molar-refractivity contribution in [2.45, 2.75) is 13.1 Å². The monoisotopic (exact) mass is 163 g/mol. The lowest BCUT2D eigenvalue weighted by Crippen LogP contribution is -2.04. The predicted octanol–water partition coefficient (Wildman–Crippen LogP) is 0.988. The van der Waals surface area contributed by atoms with Crippen LogP contribution in [0.4, 0.5) is 0 Å². The van der Waals surface area contributed by atoms with Gasteiger partial charge in [-0.15, -0.1) is 0 Å². The van der Waals surface area contributed by atoms with Gasteiger partial charge in [0.1, 0.15) is 0 Å². The predicted molar refractivity (Wildman–Crippen MR) is 43.9 cm³/mol. The Balaban J connectivity index is 2.56. The van der Waals surface area contributed by atoms with Gasteiger partial charge in [-0.1, -0.05) is 12.1 Å². The summed E-state index contributed by atoms with van der Waals surface area (Å²) in [6.07, 6.45) is 0. The van der Waals surface area contributed by atoms with Gasteiger partial charge in [0.05, 0.1) is 5.56 Å². The highest BCUT2D eigenvalue weighted by Crippen LogP contribution is 2.19. The molecule has 0 saturated carbocycles. The molecule has 1 heterocycles. The molecule has 0 aliphatic carbocycles. The summed E-state index contributed by atoms with van der Waals surface area (Å²) in [6, 6.07) is 5.39. The first-order valence-corrected chi connectivity index (χ1v) is 3.84. The zero-order valence-corrected chi connectivity index (χ0v) is 6.50. The average Bonchev–Trinajstić information content (AvgIpc) is 2.49. The molecule has 0 bridgehead atoms. The molecule has 3 heteroatoms. The van der Waals surface area contributed by atoms with E-state index in [-0.39, 0.29) is 0 Å². The standard InChI is InChI=1S/C9H9NO2/c11-9(12)7-3-1-2-6-4-10-5-8(6)7/h1-3,10H,4-5H2,(H,11,12). The van der Waals surface area contributed by atoms with Crippen LogP contribution in [0.25, 0.3) is 0 Å². The van der Waals surface area contributed by atoms with Gasteiger partial charge in [0.2, 0.25) is 0 Å². The van der Waals surface area contributed by atoms with Crippen molar-refractivity contribution in [2.75, 3.05) is 0 Å². The van der Waals surface area contributed by atoms with Crippen molar-refractivity contribution in [1.29, 1.82) is 0 Å². The van der Waals surface area contributed by atoms with E-state index in [9.17, 15) is 4.79 Å². The third-order valence-corrected chi connectivity index (χ3v) is 2.12. The second-order valence-electron chi connectivity index (χ2n) is 2.85. The number of aromatic carboxylic acids is 1. The highest BCUT2D eigenvalue weighted by atomic mass is 16.4. The van der Waals surface area contributed by atoms with Crippen molar-refractivity contribution in [3.05, 3.63) is 34.9 Å². The Hall–Kier alpha value is -1.35. The fourth-order valence-electron chi connectivity index (χ4n) is 1.53. The van der Waals surface area contributed by atoms with E-state index >= 15 is 0 Å². The first-order chi connectivity index (χ1) is 5.79. The van der Waals surface area contributed by atoms with Crippen LogP contribution in [0.3, 0.4) is 0 Å². The van der Waals surface area contributed by atoms with E-state index in [1.807, 2.05) is 6.07 Å². The Morgan fingerprint density at radius 2 is 2.25 bits per heavy atom. The third kappa shape index (κ3) is 0.987. The van der Waals surface area contributed by atoms with Crippen LogP contribution in [0, 0.1) is 0 Å². The Kier molecular flexibility index (Phi) is 1.59. The number of carboxylic acids is 1. The number of hydrogen-bond acceptors (Lipinski definition) is 2. The van der Waals surface area contributed by atoms with Gasteiger partial charge in [-0.05, 0) is 17.2 Å². The Labute approximate surface area is 70.0 Å². The van der Waals surface area contributed by atoms with Gasteiger partial charge in [-0.25, -0.2) is 4.79 Å². The summed E-state index contributed by atoms with van der Waals surface area (Å²) in [7, 11) is 0. The molecule has 2 N–H and O–H groups in total. The van der Waals surface area contributed by atoms with Crippen LogP contribution in [0.5, 0.6) is 0 Å². The van der Waals surface area contributed by atoms with Crippen LogP contribution in [-0.4, -0.2) is 11.1 Å². The van der Waals surface area contributed by atoms with Crippen LogP contribution in [0.15, 0.2) is 18.2 Å². The van der Waals surface area contributed by atoms with Gasteiger partial charge < -0.3 is 10.4 Å². The van der Waals surface area contributed by atoms with E-state index in [4.69, 9.17) is 5.11 Å². The zero-order chi connectivity index (χ0) is 8.55. The number of benzene rings is 1. The van der Waals surface area contributed by atoms with Gasteiger partial charge in [-0.3, -0.25) is 0 Å². The van der Waals surface area contributed by atoms with Gasteiger partial charge >= 0.3 is 5.97 Å². The maximum absolute atomic E-state index is 10.7. The minimum absolute atomic E-state index is 0.428. The van der Waals surface area contributed by atoms with Gasteiger partial charge in [-0.2, -0.15) is 0 Å². The van der Waals surface area contributed by atoms with Gasteiger partial charge in [0.25, 0.3) is 0 Å². The minimum Gasteiger partial charge on any atom is -0.478 e. The second-order valence-corrected chi connectivity index (χ2v) is 2.85.